The number of amides is 1. The van der Waals surface area contributed by atoms with Gasteiger partial charge < -0.3 is 5.11 Å². The van der Waals surface area contributed by atoms with Crippen molar-refractivity contribution in [3.05, 3.63) is 65.7 Å². The maximum absolute atomic E-state index is 12.8. The molecule has 0 unspecified atom stereocenters. The van der Waals surface area contributed by atoms with Gasteiger partial charge in [0.1, 0.15) is 0 Å². The Bertz CT molecular complexity index is 813. The average Bonchev–Trinajstić information content (AvgIpc) is 2.81. The molecule has 1 amide bonds. The third kappa shape index (κ3) is 2.75. The van der Waals surface area contributed by atoms with Crippen molar-refractivity contribution in [3.63, 3.8) is 0 Å². The minimum atomic E-state index is -1.07. The molecule has 2 aromatic rings. The molecule has 0 spiro atoms. The Labute approximate surface area is 138 Å². The van der Waals surface area contributed by atoms with Gasteiger partial charge in [-0.25, -0.2) is 4.79 Å². The van der Waals surface area contributed by atoms with Crippen LogP contribution in [-0.2, 0) is 4.79 Å². The van der Waals surface area contributed by atoms with Crippen molar-refractivity contribution in [1.29, 1.82) is 0 Å². The second-order valence-corrected chi connectivity index (χ2v) is 6.26. The Hall–Kier alpha value is -2.53. The first kappa shape index (κ1) is 15.4. The zero-order valence-electron chi connectivity index (χ0n) is 12.5. The zero-order chi connectivity index (χ0) is 16.4. The fourth-order valence-corrected chi connectivity index (χ4v) is 3.45. The molecule has 0 fully saturated rings. The molecule has 0 saturated heterocycles. The van der Waals surface area contributed by atoms with E-state index in [4.69, 9.17) is 0 Å². The lowest BCUT2D eigenvalue weighted by Crippen LogP contribution is -2.23. The summed E-state index contributed by atoms with van der Waals surface area (Å²) in [6, 6.07) is 14.6. The predicted molar refractivity (Wildman–Crippen MR) is 91.7 cm³/mol. The number of carbonyl (C=O) groups is 2. The fraction of sp³-hybridized carbons (Fsp3) is 0.111. The zero-order valence-corrected chi connectivity index (χ0v) is 13.3. The van der Waals surface area contributed by atoms with E-state index in [1.807, 2.05) is 31.2 Å². The number of benzene rings is 2. The van der Waals surface area contributed by atoms with Gasteiger partial charge in [-0.3, -0.25) is 9.69 Å². The summed E-state index contributed by atoms with van der Waals surface area (Å²) in [6.45, 7) is 2.04. The number of aliphatic carboxylic acids is 1. The van der Waals surface area contributed by atoms with E-state index in [2.05, 4.69) is 0 Å². The van der Waals surface area contributed by atoms with Gasteiger partial charge >= 0.3 is 5.97 Å². The molecule has 5 heteroatoms. The van der Waals surface area contributed by atoms with E-state index in [-0.39, 0.29) is 5.91 Å². The van der Waals surface area contributed by atoms with Crippen molar-refractivity contribution in [2.75, 3.05) is 10.7 Å². The molecule has 0 atom stereocenters. The van der Waals surface area contributed by atoms with Crippen molar-refractivity contribution in [2.24, 2.45) is 0 Å². The number of carboxylic acids is 1. The highest BCUT2D eigenvalue weighted by molar-refractivity contribution is 7.99. The summed E-state index contributed by atoms with van der Waals surface area (Å²) in [7, 11) is 0. The molecule has 2 aromatic carbocycles. The van der Waals surface area contributed by atoms with Gasteiger partial charge in [0.25, 0.3) is 5.91 Å². The van der Waals surface area contributed by atoms with E-state index in [0.29, 0.717) is 22.5 Å². The van der Waals surface area contributed by atoms with Gasteiger partial charge in [0, 0.05) is 22.1 Å². The van der Waals surface area contributed by atoms with E-state index in [1.165, 1.54) is 4.90 Å². The first-order valence-corrected chi connectivity index (χ1v) is 8.22. The maximum Gasteiger partial charge on any atom is 0.330 e. The number of thioether (sulfide) groups is 1. The Kier molecular flexibility index (Phi) is 4.21. The summed E-state index contributed by atoms with van der Waals surface area (Å²) in [6.07, 6.45) is 1.09. The maximum atomic E-state index is 12.8. The summed E-state index contributed by atoms with van der Waals surface area (Å²) in [5.41, 5.74) is 2.29. The lowest BCUT2D eigenvalue weighted by Gasteiger charge is -2.21. The largest absolute Gasteiger partial charge is 0.478 e. The van der Waals surface area contributed by atoms with Crippen molar-refractivity contribution in [2.45, 2.75) is 11.8 Å². The number of para-hydroxylation sites is 1. The summed E-state index contributed by atoms with van der Waals surface area (Å²) < 4.78 is 0. The molecule has 1 aliphatic heterocycles. The molecule has 0 saturated carbocycles. The Balaban J connectivity index is 2.19. The smallest absolute Gasteiger partial charge is 0.330 e. The summed E-state index contributed by atoms with van der Waals surface area (Å²) >= 11 is 1.62. The standard InChI is InChI=1S/C18H15NO3S/c1-2-23-16-10-6-5-9-14(16)19-15(11-17(20)21)12-7-3-4-8-13(12)18(19)22/h3-11H,2H2,1H3,(H,20,21)/b15-11+. The van der Waals surface area contributed by atoms with E-state index in [1.54, 1.807) is 36.0 Å². The number of carboxylic acid groups (broad SMARTS) is 1. The van der Waals surface area contributed by atoms with Crippen LogP contribution in [0.4, 0.5) is 5.69 Å². The first-order chi connectivity index (χ1) is 11.1. The van der Waals surface area contributed by atoms with Gasteiger partial charge in [-0.2, -0.15) is 0 Å². The molecule has 4 nitrogen and oxygen atoms in total. The van der Waals surface area contributed by atoms with E-state index >= 15 is 0 Å². The summed E-state index contributed by atoms with van der Waals surface area (Å²) in [5, 5.41) is 9.20. The lowest BCUT2D eigenvalue weighted by molar-refractivity contribution is -0.131. The van der Waals surface area contributed by atoms with Gasteiger partial charge in [0.05, 0.1) is 11.4 Å². The van der Waals surface area contributed by atoms with Crippen molar-refractivity contribution >= 4 is 35.0 Å². The van der Waals surface area contributed by atoms with Gasteiger partial charge in [0.2, 0.25) is 0 Å². The molecule has 116 valence electrons. The highest BCUT2D eigenvalue weighted by Crippen LogP contribution is 2.40. The summed E-state index contributed by atoms with van der Waals surface area (Å²) in [5.74, 6) is -0.406. The van der Waals surface area contributed by atoms with Gasteiger partial charge in [-0.15, -0.1) is 11.8 Å². The molecule has 0 aliphatic carbocycles. The highest BCUT2D eigenvalue weighted by Gasteiger charge is 2.34. The van der Waals surface area contributed by atoms with Crippen LogP contribution in [0.15, 0.2) is 59.5 Å². The SMILES string of the molecule is CCSc1ccccc1N1C(=O)c2ccccc2/C1=C\C(=O)O. The Morgan fingerprint density at radius 3 is 2.48 bits per heavy atom. The number of nitrogens with zero attached hydrogens (tertiary/aromatic N) is 1. The molecule has 3 rings (SSSR count). The first-order valence-electron chi connectivity index (χ1n) is 7.23. The number of hydrogen-bond donors (Lipinski definition) is 1. The topological polar surface area (TPSA) is 57.6 Å². The van der Waals surface area contributed by atoms with Crippen molar-refractivity contribution in [1.82, 2.24) is 0 Å². The van der Waals surface area contributed by atoms with Crippen molar-refractivity contribution in [3.8, 4) is 0 Å². The van der Waals surface area contributed by atoms with Crippen LogP contribution < -0.4 is 4.90 Å². The molecule has 0 radical (unpaired) electrons. The third-order valence-electron chi connectivity index (χ3n) is 3.54. The third-order valence-corrected chi connectivity index (χ3v) is 4.49. The minimum Gasteiger partial charge on any atom is -0.478 e. The van der Waals surface area contributed by atoms with Crippen LogP contribution in [0, 0.1) is 0 Å². The molecular formula is C18H15NO3S. The van der Waals surface area contributed by atoms with E-state index < -0.39 is 5.97 Å². The minimum absolute atomic E-state index is 0.197. The van der Waals surface area contributed by atoms with Crippen LogP contribution in [0.1, 0.15) is 22.8 Å². The molecular weight excluding hydrogens is 310 g/mol. The summed E-state index contributed by atoms with van der Waals surface area (Å²) in [4.78, 5) is 26.5. The van der Waals surface area contributed by atoms with Crippen molar-refractivity contribution < 1.29 is 14.7 Å². The second-order valence-electron chi connectivity index (χ2n) is 4.95. The monoisotopic (exact) mass is 325 g/mol. The van der Waals surface area contributed by atoms with E-state index in [0.717, 1.165) is 16.7 Å². The van der Waals surface area contributed by atoms with Crippen LogP contribution in [0.5, 0.6) is 0 Å². The van der Waals surface area contributed by atoms with Gasteiger partial charge in [-0.1, -0.05) is 37.3 Å². The van der Waals surface area contributed by atoms with Crippen LogP contribution in [0.2, 0.25) is 0 Å². The number of carbonyl (C=O) groups excluding carboxylic acids is 1. The Morgan fingerprint density at radius 2 is 1.78 bits per heavy atom. The molecule has 0 aromatic heterocycles. The molecule has 0 bridgehead atoms. The molecule has 1 N–H and O–H groups in total. The molecule has 23 heavy (non-hydrogen) atoms. The van der Waals surface area contributed by atoms with E-state index in [9.17, 15) is 14.7 Å². The lowest BCUT2D eigenvalue weighted by atomic mass is 10.1. The van der Waals surface area contributed by atoms with Gasteiger partial charge in [-0.05, 0) is 24.0 Å². The van der Waals surface area contributed by atoms with Crippen LogP contribution in [0.3, 0.4) is 0 Å². The average molecular weight is 325 g/mol. The second kappa shape index (κ2) is 6.30. The Morgan fingerprint density at radius 1 is 1.13 bits per heavy atom. The normalized spacial score (nSPS) is 15.1. The number of fused-ring (bicyclic) bond motifs is 1. The van der Waals surface area contributed by atoms with Gasteiger partial charge in [0.15, 0.2) is 0 Å². The fourth-order valence-electron chi connectivity index (χ4n) is 2.66. The van der Waals surface area contributed by atoms with Crippen LogP contribution >= 0.6 is 11.8 Å². The number of anilines is 1. The number of hydrogen-bond acceptors (Lipinski definition) is 3. The molecule has 1 aliphatic rings. The quantitative estimate of drug-likeness (QED) is 0.684. The number of rotatable bonds is 4. The predicted octanol–water partition coefficient (Wildman–Crippen LogP) is 3.88. The highest BCUT2D eigenvalue weighted by atomic mass is 32.2. The molecule has 1 heterocycles. The van der Waals surface area contributed by atoms with Crippen LogP contribution in [-0.4, -0.2) is 22.7 Å². The van der Waals surface area contributed by atoms with Crippen LogP contribution in [0.25, 0.3) is 5.70 Å².